The second-order valence-corrected chi connectivity index (χ2v) is 8.73. The predicted octanol–water partition coefficient (Wildman–Crippen LogP) is 4.92. The Morgan fingerprint density at radius 1 is 1.00 bits per heavy atom. The first-order valence-corrected chi connectivity index (χ1v) is 10.7. The third-order valence-corrected chi connectivity index (χ3v) is 6.19. The molecule has 5 heteroatoms. The van der Waals surface area contributed by atoms with Gasteiger partial charge in [0, 0.05) is 30.1 Å². The van der Waals surface area contributed by atoms with Gasteiger partial charge in [-0.15, -0.1) is 0 Å². The first kappa shape index (κ1) is 21.1. The molecular formula is C26H25ClN2O2. The first-order valence-electron chi connectivity index (χ1n) is 10.3. The van der Waals surface area contributed by atoms with E-state index in [1.807, 2.05) is 74.5 Å². The predicted molar refractivity (Wildman–Crippen MR) is 123 cm³/mol. The lowest BCUT2D eigenvalue weighted by molar-refractivity contribution is -0.132. The maximum absolute atomic E-state index is 13.5. The number of fused-ring (bicyclic) bond motifs is 1. The monoisotopic (exact) mass is 432 g/mol. The van der Waals surface area contributed by atoms with Crippen LogP contribution in [0.2, 0.25) is 5.02 Å². The van der Waals surface area contributed by atoms with Crippen LogP contribution in [0.1, 0.15) is 39.5 Å². The van der Waals surface area contributed by atoms with Gasteiger partial charge in [-0.05, 0) is 48.7 Å². The Kier molecular flexibility index (Phi) is 5.84. The highest BCUT2D eigenvalue weighted by atomic mass is 35.5. The third-order valence-electron chi connectivity index (χ3n) is 5.94. The van der Waals surface area contributed by atoms with Gasteiger partial charge in [-0.25, -0.2) is 0 Å². The summed E-state index contributed by atoms with van der Waals surface area (Å²) in [7, 11) is 0. The molecule has 31 heavy (non-hydrogen) atoms. The molecule has 1 aliphatic rings. The Bertz CT molecular complexity index is 1110. The SMILES string of the molecule is Cc1ccc(CN2C(=O)c3ccccc3C[C@@]2(C)C(=O)NCc2ccc(Cl)cc2)cc1. The maximum Gasteiger partial charge on any atom is 0.255 e. The van der Waals surface area contributed by atoms with Gasteiger partial charge in [-0.3, -0.25) is 9.59 Å². The van der Waals surface area contributed by atoms with Crippen LogP contribution in [-0.4, -0.2) is 22.3 Å². The highest BCUT2D eigenvalue weighted by molar-refractivity contribution is 6.30. The van der Waals surface area contributed by atoms with E-state index in [1.165, 1.54) is 0 Å². The highest BCUT2D eigenvalue weighted by Crippen LogP contribution is 2.33. The summed E-state index contributed by atoms with van der Waals surface area (Å²) in [6.45, 7) is 4.63. The van der Waals surface area contributed by atoms with Gasteiger partial charge in [-0.1, -0.05) is 71.8 Å². The summed E-state index contributed by atoms with van der Waals surface area (Å²) in [5, 5.41) is 3.68. The summed E-state index contributed by atoms with van der Waals surface area (Å²) in [4.78, 5) is 28.6. The van der Waals surface area contributed by atoms with Crippen molar-refractivity contribution >= 4 is 23.4 Å². The van der Waals surface area contributed by atoms with Crippen molar-refractivity contribution in [1.82, 2.24) is 10.2 Å². The summed E-state index contributed by atoms with van der Waals surface area (Å²) < 4.78 is 0. The minimum atomic E-state index is -0.997. The van der Waals surface area contributed by atoms with Gasteiger partial charge in [0.1, 0.15) is 5.54 Å². The highest BCUT2D eigenvalue weighted by Gasteiger charge is 2.46. The van der Waals surface area contributed by atoms with Gasteiger partial charge in [0.05, 0.1) is 0 Å². The lowest BCUT2D eigenvalue weighted by Crippen LogP contribution is -2.62. The van der Waals surface area contributed by atoms with E-state index in [0.29, 0.717) is 30.1 Å². The van der Waals surface area contributed by atoms with Gasteiger partial charge < -0.3 is 10.2 Å². The number of hydrogen-bond donors (Lipinski definition) is 1. The molecule has 1 aliphatic heterocycles. The van der Waals surface area contributed by atoms with Crippen LogP contribution in [0.3, 0.4) is 0 Å². The standard InChI is InChI=1S/C26H25ClN2O2/c1-18-7-9-20(10-8-18)17-29-24(30)23-6-4-3-5-21(23)15-26(29,2)25(31)28-16-19-11-13-22(27)14-12-19/h3-14H,15-17H2,1-2H3,(H,28,31)/t26-/m0/s1. The lowest BCUT2D eigenvalue weighted by Gasteiger charge is -2.44. The molecule has 0 bridgehead atoms. The fourth-order valence-corrected chi connectivity index (χ4v) is 4.15. The van der Waals surface area contributed by atoms with E-state index >= 15 is 0 Å². The number of benzene rings is 3. The van der Waals surface area contributed by atoms with Crippen LogP contribution in [0.25, 0.3) is 0 Å². The molecule has 0 saturated carbocycles. The Balaban J connectivity index is 1.63. The third kappa shape index (κ3) is 4.35. The molecule has 1 atom stereocenters. The van der Waals surface area contributed by atoms with Crippen LogP contribution in [-0.2, 0) is 24.3 Å². The number of rotatable bonds is 5. The molecule has 2 amide bonds. The van der Waals surface area contributed by atoms with Crippen molar-refractivity contribution in [2.24, 2.45) is 0 Å². The Morgan fingerprint density at radius 3 is 2.35 bits per heavy atom. The van der Waals surface area contributed by atoms with Gasteiger partial charge in [0.15, 0.2) is 0 Å². The topological polar surface area (TPSA) is 49.4 Å². The maximum atomic E-state index is 13.5. The van der Waals surface area contributed by atoms with Crippen LogP contribution >= 0.6 is 11.6 Å². The van der Waals surface area contributed by atoms with Crippen molar-refractivity contribution in [2.75, 3.05) is 0 Å². The molecule has 0 aromatic heterocycles. The van der Waals surface area contributed by atoms with Gasteiger partial charge >= 0.3 is 0 Å². The van der Waals surface area contributed by atoms with Crippen LogP contribution < -0.4 is 5.32 Å². The number of carbonyl (C=O) groups is 2. The van der Waals surface area contributed by atoms with Crippen LogP contribution in [0.15, 0.2) is 72.8 Å². The largest absolute Gasteiger partial charge is 0.350 e. The zero-order valence-electron chi connectivity index (χ0n) is 17.7. The van der Waals surface area contributed by atoms with Gasteiger partial charge in [0.2, 0.25) is 5.91 Å². The lowest BCUT2D eigenvalue weighted by atomic mass is 9.82. The zero-order chi connectivity index (χ0) is 22.0. The number of nitrogens with zero attached hydrogens (tertiary/aromatic N) is 1. The van der Waals surface area contributed by atoms with Gasteiger partial charge in [-0.2, -0.15) is 0 Å². The van der Waals surface area contributed by atoms with E-state index in [-0.39, 0.29) is 11.8 Å². The van der Waals surface area contributed by atoms with Crippen molar-refractivity contribution in [1.29, 1.82) is 0 Å². The number of nitrogens with one attached hydrogen (secondary N) is 1. The molecule has 158 valence electrons. The molecule has 0 fully saturated rings. The van der Waals surface area contributed by atoms with E-state index in [4.69, 9.17) is 11.6 Å². The molecule has 4 nitrogen and oxygen atoms in total. The molecule has 1 heterocycles. The summed E-state index contributed by atoms with van der Waals surface area (Å²) in [6.07, 6.45) is 0.466. The molecule has 0 aliphatic carbocycles. The van der Waals surface area contributed by atoms with Crippen molar-refractivity contribution in [3.8, 4) is 0 Å². The second kappa shape index (κ2) is 8.56. The van der Waals surface area contributed by atoms with Crippen LogP contribution in [0, 0.1) is 6.92 Å². The first-order chi connectivity index (χ1) is 14.9. The minimum absolute atomic E-state index is 0.119. The van der Waals surface area contributed by atoms with E-state index < -0.39 is 5.54 Å². The van der Waals surface area contributed by atoms with Crippen molar-refractivity contribution in [3.63, 3.8) is 0 Å². The summed E-state index contributed by atoms with van der Waals surface area (Å²) in [5.41, 5.74) is 3.67. The van der Waals surface area contributed by atoms with E-state index in [2.05, 4.69) is 5.32 Å². The number of aryl methyl sites for hydroxylation is 1. The quantitative estimate of drug-likeness (QED) is 0.622. The molecule has 0 spiro atoms. The fraction of sp³-hybridized carbons (Fsp3) is 0.231. The molecule has 1 N–H and O–H groups in total. The fourth-order valence-electron chi connectivity index (χ4n) is 4.02. The summed E-state index contributed by atoms with van der Waals surface area (Å²) in [6, 6.07) is 23.0. The Hall–Kier alpha value is -3.11. The molecule has 0 saturated heterocycles. The van der Waals surface area contributed by atoms with Crippen molar-refractivity contribution in [3.05, 3.63) is 106 Å². The van der Waals surface area contributed by atoms with Crippen molar-refractivity contribution in [2.45, 2.75) is 38.9 Å². The number of carbonyl (C=O) groups excluding carboxylic acids is 2. The molecule has 0 radical (unpaired) electrons. The van der Waals surface area contributed by atoms with Crippen LogP contribution in [0.5, 0.6) is 0 Å². The number of halogens is 1. The Morgan fingerprint density at radius 2 is 1.65 bits per heavy atom. The smallest absolute Gasteiger partial charge is 0.255 e. The normalized spacial score (nSPS) is 17.9. The second-order valence-electron chi connectivity index (χ2n) is 8.29. The number of amides is 2. The molecule has 0 unspecified atom stereocenters. The zero-order valence-corrected chi connectivity index (χ0v) is 18.4. The van der Waals surface area contributed by atoms with Crippen LogP contribution in [0.4, 0.5) is 0 Å². The van der Waals surface area contributed by atoms with Gasteiger partial charge in [0.25, 0.3) is 5.91 Å². The Labute approximate surface area is 187 Å². The summed E-state index contributed by atoms with van der Waals surface area (Å²) >= 11 is 5.96. The van der Waals surface area contributed by atoms with E-state index in [0.717, 1.165) is 22.3 Å². The molecule has 3 aromatic rings. The number of hydrogen-bond acceptors (Lipinski definition) is 2. The average Bonchev–Trinajstić information content (AvgIpc) is 2.77. The minimum Gasteiger partial charge on any atom is -0.350 e. The summed E-state index contributed by atoms with van der Waals surface area (Å²) in [5.74, 6) is -0.288. The molecular weight excluding hydrogens is 408 g/mol. The van der Waals surface area contributed by atoms with E-state index in [1.54, 1.807) is 17.0 Å². The molecule has 4 rings (SSSR count). The van der Waals surface area contributed by atoms with E-state index in [9.17, 15) is 9.59 Å². The average molecular weight is 433 g/mol. The molecule has 3 aromatic carbocycles. The van der Waals surface area contributed by atoms with Crippen molar-refractivity contribution < 1.29 is 9.59 Å².